The van der Waals surface area contributed by atoms with E-state index in [1.54, 1.807) is 0 Å². The summed E-state index contributed by atoms with van der Waals surface area (Å²) in [7, 11) is 0. The molecule has 0 spiro atoms. The van der Waals surface area contributed by atoms with E-state index in [2.05, 4.69) is 13.8 Å². The molecule has 1 heterocycles. The summed E-state index contributed by atoms with van der Waals surface area (Å²) < 4.78 is 5.99. The second-order valence-electron chi connectivity index (χ2n) is 5.13. The van der Waals surface area contributed by atoms with Gasteiger partial charge in [0.05, 0.1) is 6.10 Å². The van der Waals surface area contributed by atoms with E-state index in [9.17, 15) is 4.79 Å². The van der Waals surface area contributed by atoms with Gasteiger partial charge in [0.15, 0.2) is 5.78 Å². The Morgan fingerprint density at radius 2 is 2.19 bits per heavy atom. The van der Waals surface area contributed by atoms with Gasteiger partial charge in [-0.25, -0.2) is 0 Å². The quantitative estimate of drug-likeness (QED) is 0.729. The molecule has 0 N–H and O–H groups in total. The number of rotatable bonds is 3. The van der Waals surface area contributed by atoms with Crippen molar-refractivity contribution >= 4 is 5.78 Å². The molecule has 0 radical (unpaired) electrons. The van der Waals surface area contributed by atoms with Gasteiger partial charge in [-0.15, -0.1) is 0 Å². The first-order valence-electron chi connectivity index (χ1n) is 6.65. The number of Topliss-reactive ketones (excluding diaryl/α,β-unsaturated/α-hetero) is 1. The van der Waals surface area contributed by atoms with Crippen LogP contribution < -0.4 is 0 Å². The second-order valence-corrected chi connectivity index (χ2v) is 5.13. The van der Waals surface area contributed by atoms with Crippen LogP contribution in [0.4, 0.5) is 0 Å². The normalized spacial score (nSPS) is 30.0. The summed E-state index contributed by atoms with van der Waals surface area (Å²) in [5.41, 5.74) is 1.01. The third-order valence-electron chi connectivity index (χ3n) is 3.71. The van der Waals surface area contributed by atoms with Gasteiger partial charge in [-0.1, -0.05) is 26.7 Å². The molecule has 2 aliphatic rings. The summed E-state index contributed by atoms with van der Waals surface area (Å²) in [6.45, 7) is 4.39. The van der Waals surface area contributed by atoms with Crippen LogP contribution in [0.25, 0.3) is 0 Å². The molecule has 0 bridgehead atoms. The van der Waals surface area contributed by atoms with Crippen molar-refractivity contribution in [2.75, 3.05) is 0 Å². The van der Waals surface area contributed by atoms with Crippen LogP contribution in [0.2, 0.25) is 0 Å². The summed E-state index contributed by atoms with van der Waals surface area (Å²) in [5, 5.41) is 0. The Morgan fingerprint density at radius 1 is 1.38 bits per heavy atom. The van der Waals surface area contributed by atoms with Gasteiger partial charge in [-0.05, 0) is 25.2 Å². The Morgan fingerprint density at radius 3 is 2.94 bits per heavy atom. The average molecular weight is 222 g/mol. The molecule has 16 heavy (non-hydrogen) atoms. The van der Waals surface area contributed by atoms with E-state index in [4.69, 9.17) is 4.74 Å². The van der Waals surface area contributed by atoms with Gasteiger partial charge in [0.25, 0.3) is 0 Å². The first kappa shape index (κ1) is 11.7. The minimum absolute atomic E-state index is 0.336. The molecule has 0 aromatic heterocycles. The van der Waals surface area contributed by atoms with Crippen LogP contribution in [-0.4, -0.2) is 11.9 Å². The number of carbonyl (C=O) groups is 1. The van der Waals surface area contributed by atoms with Crippen molar-refractivity contribution in [2.24, 2.45) is 5.92 Å². The van der Waals surface area contributed by atoms with Crippen molar-refractivity contribution in [3.63, 3.8) is 0 Å². The molecule has 0 saturated carbocycles. The number of hydrogen-bond donors (Lipinski definition) is 0. The van der Waals surface area contributed by atoms with Gasteiger partial charge in [-0.2, -0.15) is 0 Å². The van der Waals surface area contributed by atoms with Crippen molar-refractivity contribution in [3.05, 3.63) is 11.3 Å². The van der Waals surface area contributed by atoms with E-state index in [1.165, 1.54) is 12.8 Å². The van der Waals surface area contributed by atoms with Crippen molar-refractivity contribution in [3.8, 4) is 0 Å². The molecule has 0 aromatic rings. The van der Waals surface area contributed by atoms with Gasteiger partial charge >= 0.3 is 0 Å². The minimum atomic E-state index is 0.336. The predicted molar refractivity (Wildman–Crippen MR) is 64.1 cm³/mol. The lowest BCUT2D eigenvalue weighted by molar-refractivity contribution is -0.118. The lowest BCUT2D eigenvalue weighted by atomic mass is 9.82. The molecule has 0 aromatic carbocycles. The first-order valence-corrected chi connectivity index (χ1v) is 6.65. The third-order valence-corrected chi connectivity index (χ3v) is 3.71. The molecule has 2 nitrogen and oxygen atoms in total. The Bertz CT molecular complexity index is 304. The number of ketones is 1. The Hall–Kier alpha value is -0.790. The Kier molecular flexibility index (Phi) is 3.67. The number of carbonyl (C=O) groups excluding carboxylic acids is 1. The van der Waals surface area contributed by atoms with Crippen molar-refractivity contribution < 1.29 is 9.53 Å². The molecule has 1 aliphatic carbocycles. The van der Waals surface area contributed by atoms with Crippen molar-refractivity contribution in [1.29, 1.82) is 0 Å². The maximum atomic E-state index is 11.8. The molecule has 2 rings (SSSR count). The summed E-state index contributed by atoms with van der Waals surface area (Å²) >= 11 is 0. The molecule has 2 unspecified atom stereocenters. The molecule has 2 atom stereocenters. The number of unbranched alkanes of at least 4 members (excludes halogenated alkanes) is 1. The van der Waals surface area contributed by atoms with Gasteiger partial charge in [0.1, 0.15) is 5.76 Å². The predicted octanol–water partition coefficient (Wildman–Crippen LogP) is 3.61. The van der Waals surface area contributed by atoms with E-state index < -0.39 is 0 Å². The van der Waals surface area contributed by atoms with Crippen LogP contribution in [0.5, 0.6) is 0 Å². The molecule has 90 valence electrons. The van der Waals surface area contributed by atoms with Crippen LogP contribution in [0, 0.1) is 5.92 Å². The van der Waals surface area contributed by atoms with Crippen molar-refractivity contribution in [2.45, 2.75) is 64.9 Å². The monoisotopic (exact) mass is 222 g/mol. The van der Waals surface area contributed by atoms with Crippen LogP contribution in [0.1, 0.15) is 58.8 Å². The lowest BCUT2D eigenvalue weighted by Crippen LogP contribution is -2.30. The van der Waals surface area contributed by atoms with E-state index in [1.807, 2.05) is 0 Å². The second kappa shape index (κ2) is 5.03. The highest BCUT2D eigenvalue weighted by Gasteiger charge is 2.33. The highest BCUT2D eigenvalue weighted by atomic mass is 16.5. The van der Waals surface area contributed by atoms with Crippen LogP contribution in [0.15, 0.2) is 11.3 Å². The zero-order valence-electron chi connectivity index (χ0n) is 10.4. The summed E-state index contributed by atoms with van der Waals surface area (Å²) in [5.74, 6) is 1.78. The van der Waals surface area contributed by atoms with E-state index in [-0.39, 0.29) is 0 Å². The van der Waals surface area contributed by atoms with Crippen molar-refractivity contribution in [1.82, 2.24) is 0 Å². The molecule has 0 saturated heterocycles. The Labute approximate surface area is 98.1 Å². The number of ether oxygens (including phenoxy) is 1. The number of allylic oxidation sites excluding steroid dienone is 2. The lowest BCUT2D eigenvalue weighted by Gasteiger charge is -2.34. The molecule has 1 aliphatic heterocycles. The fourth-order valence-electron chi connectivity index (χ4n) is 2.88. The van der Waals surface area contributed by atoms with Gasteiger partial charge in [0.2, 0.25) is 0 Å². The Balaban J connectivity index is 2.08. The fraction of sp³-hybridized carbons (Fsp3) is 0.786. The van der Waals surface area contributed by atoms with E-state index in [0.717, 1.165) is 43.4 Å². The van der Waals surface area contributed by atoms with E-state index in [0.29, 0.717) is 17.8 Å². The van der Waals surface area contributed by atoms with E-state index >= 15 is 0 Å². The van der Waals surface area contributed by atoms with Gasteiger partial charge in [0, 0.05) is 18.4 Å². The largest absolute Gasteiger partial charge is 0.494 e. The zero-order valence-corrected chi connectivity index (χ0v) is 10.4. The average Bonchev–Trinajstić information content (AvgIpc) is 2.26. The topological polar surface area (TPSA) is 26.3 Å². The maximum absolute atomic E-state index is 11.8. The molecule has 0 fully saturated rings. The van der Waals surface area contributed by atoms with Crippen LogP contribution in [0.3, 0.4) is 0 Å². The van der Waals surface area contributed by atoms with Gasteiger partial charge < -0.3 is 4.74 Å². The molecular formula is C14H22O2. The van der Waals surface area contributed by atoms with Crippen LogP contribution >= 0.6 is 0 Å². The third kappa shape index (κ3) is 2.31. The summed E-state index contributed by atoms with van der Waals surface area (Å²) in [6.07, 6.45) is 7.67. The van der Waals surface area contributed by atoms with Crippen LogP contribution in [-0.2, 0) is 9.53 Å². The van der Waals surface area contributed by atoms with Gasteiger partial charge in [-0.3, -0.25) is 4.79 Å². The highest BCUT2D eigenvalue weighted by Crippen LogP contribution is 2.37. The summed E-state index contributed by atoms with van der Waals surface area (Å²) in [4.78, 5) is 11.8. The first-order chi connectivity index (χ1) is 7.72. The molecular weight excluding hydrogens is 200 g/mol. The smallest absolute Gasteiger partial charge is 0.162 e. The standard InChI is InChI=1S/C14H22O2/c1-3-4-6-11-9-10(2)14-12(15)7-5-8-13(14)16-11/h10-11H,3-9H2,1-2H3. The fourth-order valence-corrected chi connectivity index (χ4v) is 2.88. The summed E-state index contributed by atoms with van der Waals surface area (Å²) in [6, 6.07) is 0. The highest BCUT2D eigenvalue weighted by molar-refractivity contribution is 5.97. The number of hydrogen-bond acceptors (Lipinski definition) is 2. The molecule has 0 amide bonds. The SMILES string of the molecule is CCCCC1CC(C)C2=C(CCCC2=O)O1. The zero-order chi connectivity index (χ0) is 11.5. The maximum Gasteiger partial charge on any atom is 0.162 e. The minimum Gasteiger partial charge on any atom is -0.494 e. The molecule has 2 heteroatoms.